The molecular formula is C18H13Cl2N3OS. The molecule has 0 unspecified atom stereocenters. The minimum Gasteiger partial charge on any atom is -0.322 e. The number of carbonyl (C=O) groups excluding carboxylic acids is 1. The van der Waals surface area contributed by atoms with Crippen LogP contribution in [-0.4, -0.2) is 15.9 Å². The number of benzene rings is 1. The van der Waals surface area contributed by atoms with Crippen LogP contribution in [-0.2, 0) is 5.75 Å². The molecular weight excluding hydrogens is 377 g/mol. The van der Waals surface area contributed by atoms with E-state index in [0.717, 1.165) is 5.56 Å². The van der Waals surface area contributed by atoms with E-state index in [0.29, 0.717) is 32.2 Å². The zero-order valence-electron chi connectivity index (χ0n) is 12.9. The van der Waals surface area contributed by atoms with Crippen molar-refractivity contribution >= 4 is 46.6 Å². The molecule has 4 nitrogen and oxygen atoms in total. The Morgan fingerprint density at radius 2 is 1.84 bits per heavy atom. The molecule has 126 valence electrons. The van der Waals surface area contributed by atoms with Crippen molar-refractivity contribution in [3.8, 4) is 0 Å². The number of halogens is 2. The lowest BCUT2D eigenvalue weighted by molar-refractivity contribution is 0.102. The first-order valence-corrected chi connectivity index (χ1v) is 9.11. The number of amides is 1. The van der Waals surface area contributed by atoms with Crippen molar-refractivity contribution in [3.05, 3.63) is 82.2 Å². The molecule has 2 heterocycles. The zero-order chi connectivity index (χ0) is 17.6. The fourth-order valence-electron chi connectivity index (χ4n) is 2.09. The van der Waals surface area contributed by atoms with Crippen LogP contribution in [0.25, 0.3) is 0 Å². The van der Waals surface area contributed by atoms with E-state index in [1.807, 2.05) is 6.07 Å². The fourth-order valence-corrected chi connectivity index (χ4v) is 3.35. The lowest BCUT2D eigenvalue weighted by Gasteiger charge is -2.09. The van der Waals surface area contributed by atoms with Crippen LogP contribution in [0.3, 0.4) is 0 Å². The summed E-state index contributed by atoms with van der Waals surface area (Å²) in [6.45, 7) is 0. The summed E-state index contributed by atoms with van der Waals surface area (Å²) in [4.78, 5) is 20.8. The number of nitrogens with one attached hydrogen (secondary N) is 1. The second-order valence-electron chi connectivity index (χ2n) is 5.09. The van der Waals surface area contributed by atoms with Crippen LogP contribution in [0.1, 0.15) is 15.9 Å². The molecule has 0 spiro atoms. The first-order chi connectivity index (χ1) is 12.1. The fraction of sp³-hybridized carbons (Fsp3) is 0.0556. The Morgan fingerprint density at radius 3 is 2.60 bits per heavy atom. The summed E-state index contributed by atoms with van der Waals surface area (Å²) in [5.74, 6) is 0.422. The third kappa shape index (κ3) is 4.95. The number of pyridine rings is 2. The van der Waals surface area contributed by atoms with Gasteiger partial charge in [0.2, 0.25) is 0 Å². The average Bonchev–Trinajstić information content (AvgIpc) is 2.62. The van der Waals surface area contributed by atoms with Crippen molar-refractivity contribution in [2.45, 2.75) is 10.8 Å². The Hall–Kier alpha value is -2.08. The van der Waals surface area contributed by atoms with Crippen molar-refractivity contribution in [1.29, 1.82) is 0 Å². The lowest BCUT2D eigenvalue weighted by Crippen LogP contribution is -2.13. The van der Waals surface area contributed by atoms with E-state index in [1.165, 1.54) is 11.8 Å². The maximum Gasteiger partial charge on any atom is 0.258 e. The summed E-state index contributed by atoms with van der Waals surface area (Å²) in [5.41, 5.74) is 2.21. The van der Waals surface area contributed by atoms with Gasteiger partial charge in [-0.2, -0.15) is 0 Å². The summed E-state index contributed by atoms with van der Waals surface area (Å²) in [6, 6.07) is 14.1. The van der Waals surface area contributed by atoms with Crippen molar-refractivity contribution in [2.24, 2.45) is 0 Å². The third-order valence-electron chi connectivity index (χ3n) is 3.28. The van der Waals surface area contributed by atoms with Gasteiger partial charge in [0.05, 0.1) is 5.56 Å². The topological polar surface area (TPSA) is 54.9 Å². The molecule has 0 aliphatic carbocycles. The molecule has 0 fully saturated rings. The summed E-state index contributed by atoms with van der Waals surface area (Å²) in [5, 5.41) is 4.57. The number of hydrogen-bond donors (Lipinski definition) is 1. The molecule has 2 aromatic heterocycles. The maximum atomic E-state index is 12.6. The van der Waals surface area contributed by atoms with Crippen LogP contribution in [0, 0.1) is 0 Å². The van der Waals surface area contributed by atoms with Crippen molar-refractivity contribution < 1.29 is 4.79 Å². The summed E-state index contributed by atoms with van der Waals surface area (Å²) in [7, 11) is 0. The van der Waals surface area contributed by atoms with Gasteiger partial charge in [-0.1, -0.05) is 23.2 Å². The smallest absolute Gasteiger partial charge is 0.258 e. The van der Waals surface area contributed by atoms with Gasteiger partial charge in [0.1, 0.15) is 10.2 Å². The monoisotopic (exact) mass is 389 g/mol. The van der Waals surface area contributed by atoms with E-state index in [1.54, 1.807) is 54.9 Å². The first-order valence-electron chi connectivity index (χ1n) is 7.37. The van der Waals surface area contributed by atoms with Gasteiger partial charge in [0.15, 0.2) is 0 Å². The number of thioether (sulfide) groups is 1. The zero-order valence-corrected chi connectivity index (χ0v) is 15.3. The summed E-state index contributed by atoms with van der Waals surface area (Å²) in [6.07, 6.45) is 3.33. The molecule has 0 bridgehead atoms. The molecule has 3 rings (SSSR count). The van der Waals surface area contributed by atoms with Gasteiger partial charge in [0, 0.05) is 28.9 Å². The first kappa shape index (κ1) is 17.7. The number of anilines is 1. The molecule has 1 amide bonds. The van der Waals surface area contributed by atoms with Crippen LogP contribution in [0.5, 0.6) is 0 Å². The molecule has 0 aliphatic heterocycles. The number of aromatic nitrogens is 2. The van der Waals surface area contributed by atoms with Gasteiger partial charge >= 0.3 is 0 Å². The molecule has 1 aromatic carbocycles. The maximum absolute atomic E-state index is 12.6. The Labute approximate surface area is 159 Å². The van der Waals surface area contributed by atoms with Gasteiger partial charge in [0.25, 0.3) is 5.91 Å². The highest BCUT2D eigenvalue weighted by Gasteiger charge is 2.13. The average molecular weight is 390 g/mol. The molecule has 7 heteroatoms. The predicted octanol–water partition coefficient (Wildman–Crippen LogP) is 5.33. The van der Waals surface area contributed by atoms with Gasteiger partial charge in [-0.3, -0.25) is 4.79 Å². The van der Waals surface area contributed by atoms with Crippen molar-refractivity contribution in [1.82, 2.24) is 9.97 Å². The van der Waals surface area contributed by atoms with Gasteiger partial charge in [-0.15, -0.1) is 11.8 Å². The number of nitrogens with zero attached hydrogens (tertiary/aromatic N) is 2. The van der Waals surface area contributed by atoms with Crippen LogP contribution in [0.4, 0.5) is 5.69 Å². The molecule has 0 atom stereocenters. The largest absolute Gasteiger partial charge is 0.322 e. The van der Waals surface area contributed by atoms with Gasteiger partial charge in [-0.25, -0.2) is 9.97 Å². The minimum atomic E-state index is -0.217. The van der Waals surface area contributed by atoms with E-state index in [-0.39, 0.29) is 5.91 Å². The lowest BCUT2D eigenvalue weighted by atomic mass is 10.2. The standard InChI is InChI=1S/C18H13Cl2N3OS/c19-13-3-5-14(6-4-13)23-17(24)15-2-1-8-22-18(15)25-11-12-7-9-21-16(20)10-12/h1-10H,11H2,(H,23,24). The van der Waals surface area contributed by atoms with Crippen LogP contribution in [0.2, 0.25) is 10.2 Å². The quantitative estimate of drug-likeness (QED) is 0.473. The summed E-state index contributed by atoms with van der Waals surface area (Å²) >= 11 is 13.2. The summed E-state index contributed by atoms with van der Waals surface area (Å²) < 4.78 is 0. The number of rotatable bonds is 5. The van der Waals surface area contributed by atoms with Crippen molar-refractivity contribution in [2.75, 3.05) is 5.32 Å². The molecule has 3 aromatic rings. The van der Waals surface area contributed by atoms with Gasteiger partial charge in [-0.05, 0) is 54.1 Å². The highest BCUT2D eigenvalue weighted by Crippen LogP contribution is 2.25. The Balaban J connectivity index is 1.73. The van der Waals surface area contributed by atoms with E-state index in [4.69, 9.17) is 23.2 Å². The van der Waals surface area contributed by atoms with Crippen molar-refractivity contribution in [3.63, 3.8) is 0 Å². The molecule has 0 aliphatic rings. The second kappa shape index (κ2) is 8.34. The molecule has 25 heavy (non-hydrogen) atoms. The Bertz CT molecular complexity index is 887. The SMILES string of the molecule is O=C(Nc1ccc(Cl)cc1)c1cccnc1SCc1ccnc(Cl)c1. The Kier molecular flexibility index (Phi) is 5.91. The molecule has 0 saturated carbocycles. The number of hydrogen-bond acceptors (Lipinski definition) is 4. The van der Waals surface area contributed by atoms with E-state index >= 15 is 0 Å². The normalized spacial score (nSPS) is 10.5. The highest BCUT2D eigenvalue weighted by atomic mass is 35.5. The van der Waals surface area contributed by atoms with E-state index < -0.39 is 0 Å². The Morgan fingerprint density at radius 1 is 1.04 bits per heavy atom. The van der Waals surface area contributed by atoms with E-state index in [2.05, 4.69) is 15.3 Å². The molecule has 0 radical (unpaired) electrons. The minimum absolute atomic E-state index is 0.217. The molecule has 1 N–H and O–H groups in total. The highest BCUT2D eigenvalue weighted by molar-refractivity contribution is 7.98. The molecule has 0 saturated heterocycles. The van der Waals surface area contributed by atoms with E-state index in [9.17, 15) is 4.79 Å². The predicted molar refractivity (Wildman–Crippen MR) is 102 cm³/mol. The van der Waals surface area contributed by atoms with Gasteiger partial charge < -0.3 is 5.32 Å². The number of carbonyl (C=O) groups is 1. The van der Waals surface area contributed by atoms with Crippen LogP contribution in [0.15, 0.2) is 66.0 Å². The second-order valence-corrected chi connectivity index (χ2v) is 6.88. The van der Waals surface area contributed by atoms with Crippen LogP contribution >= 0.6 is 35.0 Å². The van der Waals surface area contributed by atoms with Crippen LogP contribution < -0.4 is 5.32 Å². The third-order valence-corrected chi connectivity index (χ3v) is 4.82.